The van der Waals surface area contributed by atoms with E-state index < -0.39 is 0 Å². The number of hydrogen-bond acceptors (Lipinski definition) is 5. The minimum Gasteiger partial charge on any atom is -0.455 e. The van der Waals surface area contributed by atoms with Crippen molar-refractivity contribution in [2.24, 2.45) is 5.10 Å². The van der Waals surface area contributed by atoms with Gasteiger partial charge < -0.3 is 9.32 Å². The number of halogens is 1. The minimum atomic E-state index is -0.350. The monoisotopic (exact) mass is 508 g/mol. The van der Waals surface area contributed by atoms with E-state index in [1.807, 2.05) is 45.0 Å². The van der Waals surface area contributed by atoms with Gasteiger partial charge in [-0.05, 0) is 73.3 Å². The molecule has 33 heavy (non-hydrogen) atoms. The molecule has 1 N–H and O–H groups in total. The highest BCUT2D eigenvalue weighted by molar-refractivity contribution is 9.10. The maximum absolute atomic E-state index is 13.4. The van der Waals surface area contributed by atoms with Crippen molar-refractivity contribution in [2.75, 3.05) is 11.4 Å². The van der Waals surface area contributed by atoms with Gasteiger partial charge in [0.15, 0.2) is 5.76 Å². The predicted molar refractivity (Wildman–Crippen MR) is 131 cm³/mol. The molecule has 7 nitrogen and oxygen atoms in total. The lowest BCUT2D eigenvalue weighted by Crippen LogP contribution is -2.31. The fourth-order valence-electron chi connectivity index (χ4n) is 4.06. The molecule has 8 heteroatoms. The molecule has 0 radical (unpaired) electrons. The van der Waals surface area contributed by atoms with Crippen LogP contribution in [0.4, 0.5) is 5.69 Å². The van der Waals surface area contributed by atoms with Crippen LogP contribution in [0.2, 0.25) is 0 Å². The Morgan fingerprint density at radius 3 is 2.76 bits per heavy atom. The smallest absolute Gasteiger partial charge is 0.294 e. The Kier molecular flexibility index (Phi) is 6.74. The summed E-state index contributed by atoms with van der Waals surface area (Å²) >= 11 is 3.32. The van der Waals surface area contributed by atoms with E-state index in [0.29, 0.717) is 34.5 Å². The zero-order valence-corrected chi connectivity index (χ0v) is 20.4. The highest BCUT2D eigenvalue weighted by Gasteiger charge is 2.30. The maximum Gasteiger partial charge on any atom is 0.294 e. The number of nitrogens with zero attached hydrogens (tertiary/aromatic N) is 3. The number of furan rings is 1. The van der Waals surface area contributed by atoms with E-state index >= 15 is 0 Å². The number of carbonyl (C=O) groups is 2. The molecule has 0 atom stereocenters. The summed E-state index contributed by atoms with van der Waals surface area (Å²) in [5, 5.41) is 4.39. The van der Waals surface area contributed by atoms with Gasteiger partial charge in [0.25, 0.3) is 11.8 Å². The van der Waals surface area contributed by atoms with Gasteiger partial charge >= 0.3 is 0 Å². The number of aromatic nitrogens is 1. The summed E-state index contributed by atoms with van der Waals surface area (Å²) in [5.41, 5.74) is 7.22. The van der Waals surface area contributed by atoms with Crippen LogP contribution in [-0.2, 0) is 6.42 Å². The van der Waals surface area contributed by atoms with Crippen LogP contribution in [0, 0.1) is 13.8 Å². The van der Waals surface area contributed by atoms with E-state index in [2.05, 4.69) is 31.4 Å². The summed E-state index contributed by atoms with van der Waals surface area (Å²) in [7, 11) is 0. The van der Waals surface area contributed by atoms with Crippen molar-refractivity contribution < 1.29 is 14.0 Å². The van der Waals surface area contributed by atoms with Gasteiger partial charge in [-0.2, -0.15) is 5.10 Å². The number of aryl methyl sites for hydroxylation is 2. The number of pyridine rings is 1. The molecule has 0 aliphatic heterocycles. The van der Waals surface area contributed by atoms with E-state index in [-0.39, 0.29) is 11.8 Å². The standard InChI is InChI=1S/C25H25BrN4O3/c1-4-30(19-8-5-7-15(2)11-19)25(32)23-16(3)22-20(9-6-10-21(22)33-23)28-29-24(31)17-12-18(26)14-27-13-17/h5,7-8,11-14H,4,6,9-10H2,1-3H3,(H,29,31)/b28-20+. The lowest BCUT2D eigenvalue weighted by Gasteiger charge is -2.20. The fourth-order valence-corrected chi connectivity index (χ4v) is 4.43. The van der Waals surface area contributed by atoms with Crippen LogP contribution in [0.25, 0.3) is 0 Å². The van der Waals surface area contributed by atoms with Gasteiger partial charge in [-0.3, -0.25) is 14.6 Å². The summed E-state index contributed by atoms with van der Waals surface area (Å²) in [5.74, 6) is 0.524. The average Bonchev–Trinajstić information content (AvgIpc) is 3.15. The van der Waals surface area contributed by atoms with E-state index in [0.717, 1.165) is 41.0 Å². The van der Waals surface area contributed by atoms with Crippen molar-refractivity contribution in [1.29, 1.82) is 0 Å². The third-order valence-corrected chi connectivity index (χ3v) is 6.09. The average molecular weight is 509 g/mol. The molecule has 2 heterocycles. The number of anilines is 1. The summed E-state index contributed by atoms with van der Waals surface area (Å²) < 4.78 is 6.78. The van der Waals surface area contributed by atoms with Gasteiger partial charge in [-0.25, -0.2) is 5.43 Å². The van der Waals surface area contributed by atoms with Crippen LogP contribution in [0.1, 0.15) is 63.1 Å². The van der Waals surface area contributed by atoms with Crippen LogP contribution in [0.3, 0.4) is 0 Å². The fraction of sp³-hybridized carbons (Fsp3) is 0.280. The SMILES string of the molecule is CCN(C(=O)c1oc2c(c1C)/C(=N/NC(=O)c1cncc(Br)c1)CCC2)c1cccc(C)c1. The molecule has 1 aliphatic rings. The molecule has 0 bridgehead atoms. The third kappa shape index (κ3) is 4.75. The second kappa shape index (κ2) is 9.70. The largest absolute Gasteiger partial charge is 0.455 e. The molecular weight excluding hydrogens is 484 g/mol. The van der Waals surface area contributed by atoms with Crippen LogP contribution in [0.15, 0.2) is 56.7 Å². The Hall–Kier alpha value is -3.26. The molecule has 0 saturated heterocycles. The molecule has 3 aromatic rings. The number of hydrazone groups is 1. The first-order valence-corrected chi connectivity index (χ1v) is 11.7. The maximum atomic E-state index is 13.4. The number of hydrogen-bond donors (Lipinski definition) is 1. The molecule has 1 aliphatic carbocycles. The minimum absolute atomic E-state index is 0.182. The summed E-state index contributed by atoms with van der Waals surface area (Å²) in [6.45, 7) is 6.34. The number of nitrogens with one attached hydrogen (secondary N) is 1. The first-order valence-electron chi connectivity index (χ1n) is 10.9. The van der Waals surface area contributed by atoms with Gasteiger partial charge in [-0.1, -0.05) is 12.1 Å². The van der Waals surface area contributed by atoms with E-state index in [1.54, 1.807) is 17.2 Å². The van der Waals surface area contributed by atoms with E-state index in [9.17, 15) is 9.59 Å². The van der Waals surface area contributed by atoms with Gasteiger partial charge in [0.2, 0.25) is 0 Å². The lowest BCUT2D eigenvalue weighted by molar-refractivity contribution is 0.0949. The highest BCUT2D eigenvalue weighted by Crippen LogP contribution is 2.31. The third-order valence-electron chi connectivity index (χ3n) is 5.65. The first kappa shape index (κ1) is 22.9. The molecule has 0 unspecified atom stereocenters. The van der Waals surface area contributed by atoms with Gasteiger partial charge in [-0.15, -0.1) is 0 Å². The zero-order valence-electron chi connectivity index (χ0n) is 18.8. The molecule has 0 spiro atoms. The Balaban J connectivity index is 1.62. The van der Waals surface area contributed by atoms with E-state index in [4.69, 9.17) is 4.42 Å². The number of benzene rings is 1. The van der Waals surface area contributed by atoms with Crippen molar-refractivity contribution in [1.82, 2.24) is 10.4 Å². The number of fused-ring (bicyclic) bond motifs is 1. The topological polar surface area (TPSA) is 87.8 Å². The second-order valence-corrected chi connectivity index (χ2v) is 8.90. The van der Waals surface area contributed by atoms with Crippen molar-refractivity contribution in [3.63, 3.8) is 0 Å². The van der Waals surface area contributed by atoms with Gasteiger partial charge in [0.1, 0.15) is 5.76 Å². The van der Waals surface area contributed by atoms with Crippen molar-refractivity contribution >= 4 is 39.1 Å². The summed E-state index contributed by atoms with van der Waals surface area (Å²) in [6.07, 6.45) is 5.34. The van der Waals surface area contributed by atoms with Gasteiger partial charge in [0, 0.05) is 46.6 Å². The van der Waals surface area contributed by atoms with Crippen molar-refractivity contribution in [2.45, 2.75) is 40.0 Å². The zero-order chi connectivity index (χ0) is 23.5. The van der Waals surface area contributed by atoms with Gasteiger partial charge in [0.05, 0.1) is 11.3 Å². The van der Waals surface area contributed by atoms with Crippen molar-refractivity contribution in [3.05, 3.63) is 81.0 Å². The van der Waals surface area contributed by atoms with Crippen LogP contribution < -0.4 is 10.3 Å². The molecular formula is C25H25BrN4O3. The molecule has 4 rings (SSSR count). The second-order valence-electron chi connectivity index (χ2n) is 7.99. The first-order chi connectivity index (χ1) is 15.9. The number of rotatable bonds is 5. The Bertz CT molecular complexity index is 1250. The Labute approximate surface area is 201 Å². The van der Waals surface area contributed by atoms with E-state index in [1.165, 1.54) is 6.20 Å². The molecule has 0 saturated carbocycles. The Morgan fingerprint density at radius 1 is 1.21 bits per heavy atom. The Morgan fingerprint density at radius 2 is 2.03 bits per heavy atom. The quantitative estimate of drug-likeness (QED) is 0.480. The summed E-state index contributed by atoms with van der Waals surface area (Å²) in [4.78, 5) is 31.7. The normalized spacial score (nSPS) is 14.1. The van der Waals surface area contributed by atoms with Crippen molar-refractivity contribution in [3.8, 4) is 0 Å². The molecule has 2 aromatic heterocycles. The van der Waals surface area contributed by atoms with Crippen LogP contribution in [-0.4, -0.2) is 29.1 Å². The number of carbonyl (C=O) groups excluding carboxylic acids is 2. The molecule has 2 amide bonds. The number of amides is 2. The highest BCUT2D eigenvalue weighted by atomic mass is 79.9. The summed E-state index contributed by atoms with van der Waals surface area (Å²) in [6, 6.07) is 9.53. The van der Waals surface area contributed by atoms with Crippen LogP contribution in [0.5, 0.6) is 0 Å². The molecule has 0 fully saturated rings. The lowest BCUT2D eigenvalue weighted by atomic mass is 9.93. The van der Waals surface area contributed by atoms with Crippen LogP contribution >= 0.6 is 15.9 Å². The molecule has 170 valence electrons. The predicted octanol–water partition coefficient (Wildman–Crippen LogP) is 5.19. The molecule has 1 aromatic carbocycles.